The Morgan fingerprint density at radius 1 is 1.09 bits per heavy atom. The van der Waals surface area contributed by atoms with Crippen LogP contribution >= 0.6 is 0 Å². The number of rotatable bonds is 4. The van der Waals surface area contributed by atoms with Gasteiger partial charge in [0.2, 0.25) is 0 Å². The van der Waals surface area contributed by atoms with E-state index in [1.165, 1.54) is 12.1 Å². The van der Waals surface area contributed by atoms with Gasteiger partial charge in [0, 0.05) is 23.3 Å². The molecule has 0 spiro atoms. The SMILES string of the molecule is O=C(O)Cc1ccc2ccn(Cc3ccc(F)cc3F)c2c1. The summed E-state index contributed by atoms with van der Waals surface area (Å²) in [6.45, 7) is 0.256. The highest BCUT2D eigenvalue weighted by Gasteiger charge is 2.08. The normalized spacial score (nSPS) is 11.0. The van der Waals surface area contributed by atoms with Crippen molar-refractivity contribution in [3.63, 3.8) is 0 Å². The van der Waals surface area contributed by atoms with Gasteiger partial charge in [-0.05, 0) is 29.1 Å². The zero-order valence-corrected chi connectivity index (χ0v) is 11.6. The van der Waals surface area contributed by atoms with Crippen LogP contribution in [0.3, 0.4) is 0 Å². The van der Waals surface area contributed by atoms with E-state index in [2.05, 4.69) is 0 Å². The van der Waals surface area contributed by atoms with Crippen LogP contribution in [0.4, 0.5) is 8.78 Å². The van der Waals surface area contributed by atoms with Gasteiger partial charge >= 0.3 is 5.97 Å². The number of benzene rings is 2. The minimum Gasteiger partial charge on any atom is -0.481 e. The van der Waals surface area contributed by atoms with Crippen molar-refractivity contribution in [3.05, 3.63) is 71.4 Å². The number of hydrogen-bond acceptors (Lipinski definition) is 1. The van der Waals surface area contributed by atoms with Crippen molar-refractivity contribution in [1.29, 1.82) is 0 Å². The molecule has 2 aromatic carbocycles. The van der Waals surface area contributed by atoms with E-state index >= 15 is 0 Å². The largest absolute Gasteiger partial charge is 0.481 e. The average Bonchev–Trinajstić information content (AvgIpc) is 2.84. The summed E-state index contributed by atoms with van der Waals surface area (Å²) in [6, 6.07) is 10.8. The van der Waals surface area contributed by atoms with Crippen molar-refractivity contribution in [1.82, 2.24) is 4.57 Å². The zero-order chi connectivity index (χ0) is 15.7. The molecule has 0 unspecified atom stereocenters. The summed E-state index contributed by atoms with van der Waals surface area (Å²) < 4.78 is 28.5. The van der Waals surface area contributed by atoms with E-state index in [4.69, 9.17) is 5.11 Å². The van der Waals surface area contributed by atoms with E-state index in [-0.39, 0.29) is 13.0 Å². The fourth-order valence-electron chi connectivity index (χ4n) is 2.49. The quantitative estimate of drug-likeness (QED) is 0.800. The maximum Gasteiger partial charge on any atom is 0.307 e. The number of hydrogen-bond donors (Lipinski definition) is 1. The summed E-state index contributed by atoms with van der Waals surface area (Å²) in [4.78, 5) is 10.8. The predicted molar refractivity (Wildman–Crippen MR) is 78.7 cm³/mol. The first-order chi connectivity index (χ1) is 10.5. The Morgan fingerprint density at radius 3 is 2.64 bits per heavy atom. The highest BCUT2D eigenvalue weighted by molar-refractivity contribution is 5.82. The number of carboxylic acids is 1. The minimum absolute atomic E-state index is 0.0635. The van der Waals surface area contributed by atoms with Crippen molar-refractivity contribution in [2.24, 2.45) is 0 Å². The van der Waals surface area contributed by atoms with Crippen molar-refractivity contribution in [2.45, 2.75) is 13.0 Å². The van der Waals surface area contributed by atoms with Crippen molar-refractivity contribution in [2.75, 3.05) is 0 Å². The van der Waals surface area contributed by atoms with Gasteiger partial charge < -0.3 is 9.67 Å². The summed E-state index contributed by atoms with van der Waals surface area (Å²) in [5, 5.41) is 9.81. The third-order valence-corrected chi connectivity index (χ3v) is 3.55. The lowest BCUT2D eigenvalue weighted by Crippen LogP contribution is -2.03. The molecule has 1 aromatic heterocycles. The van der Waals surface area contributed by atoms with Crippen LogP contribution in [0.2, 0.25) is 0 Å². The molecular formula is C17H13F2NO2. The monoisotopic (exact) mass is 301 g/mol. The van der Waals surface area contributed by atoms with Crippen LogP contribution in [0.5, 0.6) is 0 Å². The molecule has 3 aromatic rings. The van der Waals surface area contributed by atoms with Crippen LogP contribution in [0.25, 0.3) is 10.9 Å². The molecule has 0 atom stereocenters. The maximum atomic E-state index is 13.8. The molecule has 5 heteroatoms. The first-order valence-electron chi connectivity index (χ1n) is 6.76. The van der Waals surface area contributed by atoms with Crippen LogP contribution in [-0.2, 0) is 17.8 Å². The van der Waals surface area contributed by atoms with Gasteiger partial charge in [-0.25, -0.2) is 8.78 Å². The van der Waals surface area contributed by atoms with Crippen LogP contribution in [0, 0.1) is 11.6 Å². The molecule has 3 rings (SSSR count). The van der Waals surface area contributed by atoms with Gasteiger partial charge in [0.15, 0.2) is 0 Å². The highest BCUT2D eigenvalue weighted by Crippen LogP contribution is 2.20. The van der Waals surface area contributed by atoms with Crippen molar-refractivity contribution < 1.29 is 18.7 Å². The third-order valence-electron chi connectivity index (χ3n) is 3.55. The maximum absolute atomic E-state index is 13.8. The molecule has 0 fully saturated rings. The number of fused-ring (bicyclic) bond motifs is 1. The lowest BCUT2D eigenvalue weighted by Gasteiger charge is -2.08. The fraction of sp³-hybridized carbons (Fsp3) is 0.118. The summed E-state index contributed by atoms with van der Waals surface area (Å²) >= 11 is 0. The predicted octanol–water partition coefficient (Wildman–Crippen LogP) is 3.59. The number of carbonyl (C=O) groups is 1. The van der Waals surface area contributed by atoms with Gasteiger partial charge in [0.25, 0.3) is 0 Å². The molecule has 3 nitrogen and oxygen atoms in total. The molecule has 0 amide bonds. The van der Waals surface area contributed by atoms with Gasteiger partial charge in [-0.1, -0.05) is 18.2 Å². The van der Waals surface area contributed by atoms with Crippen molar-refractivity contribution in [3.8, 4) is 0 Å². The van der Waals surface area contributed by atoms with E-state index < -0.39 is 17.6 Å². The number of aliphatic carboxylic acids is 1. The summed E-state index contributed by atoms with van der Waals surface area (Å²) in [5.74, 6) is -2.10. The summed E-state index contributed by atoms with van der Waals surface area (Å²) in [7, 11) is 0. The number of halogens is 2. The Morgan fingerprint density at radius 2 is 1.91 bits per heavy atom. The van der Waals surface area contributed by atoms with E-state index in [9.17, 15) is 13.6 Å². The van der Waals surface area contributed by atoms with E-state index in [0.717, 1.165) is 17.0 Å². The Hall–Kier alpha value is -2.69. The van der Waals surface area contributed by atoms with Crippen LogP contribution in [-0.4, -0.2) is 15.6 Å². The van der Waals surface area contributed by atoms with E-state index in [1.54, 1.807) is 18.3 Å². The molecule has 1 N–H and O–H groups in total. The topological polar surface area (TPSA) is 42.2 Å². The Balaban J connectivity index is 1.97. The second-order valence-corrected chi connectivity index (χ2v) is 5.14. The smallest absolute Gasteiger partial charge is 0.307 e. The first-order valence-corrected chi connectivity index (χ1v) is 6.76. The second-order valence-electron chi connectivity index (χ2n) is 5.14. The highest BCUT2D eigenvalue weighted by atomic mass is 19.1. The van der Waals surface area contributed by atoms with Gasteiger partial charge in [-0.2, -0.15) is 0 Å². The van der Waals surface area contributed by atoms with Crippen LogP contribution in [0.1, 0.15) is 11.1 Å². The fourth-order valence-corrected chi connectivity index (χ4v) is 2.49. The lowest BCUT2D eigenvalue weighted by molar-refractivity contribution is -0.136. The molecule has 1 heterocycles. The van der Waals surface area contributed by atoms with Gasteiger partial charge in [0.1, 0.15) is 11.6 Å². The second kappa shape index (κ2) is 5.60. The van der Waals surface area contributed by atoms with Crippen molar-refractivity contribution >= 4 is 16.9 Å². The molecular weight excluding hydrogens is 288 g/mol. The molecule has 0 saturated heterocycles. The minimum atomic E-state index is -0.901. The van der Waals surface area contributed by atoms with Gasteiger partial charge in [-0.15, -0.1) is 0 Å². The molecule has 0 radical (unpaired) electrons. The Kier molecular flexibility index (Phi) is 3.63. The molecule has 0 aliphatic carbocycles. The summed E-state index contributed by atoms with van der Waals surface area (Å²) in [5.41, 5.74) is 1.88. The number of aromatic nitrogens is 1. The molecule has 0 aliphatic heterocycles. The van der Waals surface area contributed by atoms with E-state index in [0.29, 0.717) is 11.1 Å². The molecule has 0 saturated carbocycles. The molecule has 0 bridgehead atoms. The summed E-state index contributed by atoms with van der Waals surface area (Å²) in [6.07, 6.45) is 1.74. The molecule has 22 heavy (non-hydrogen) atoms. The van der Waals surface area contributed by atoms with Gasteiger partial charge in [-0.3, -0.25) is 4.79 Å². The Labute approximate surface area is 125 Å². The van der Waals surface area contributed by atoms with E-state index in [1.807, 2.05) is 16.7 Å². The molecule has 112 valence electrons. The number of carboxylic acid groups (broad SMARTS) is 1. The van der Waals surface area contributed by atoms with Crippen LogP contribution in [0.15, 0.2) is 48.7 Å². The molecule has 0 aliphatic rings. The average molecular weight is 301 g/mol. The first kappa shape index (κ1) is 14.3. The zero-order valence-electron chi connectivity index (χ0n) is 11.6. The third kappa shape index (κ3) is 2.83. The lowest BCUT2D eigenvalue weighted by atomic mass is 10.1. The van der Waals surface area contributed by atoms with Crippen LogP contribution < -0.4 is 0 Å². The number of nitrogens with zero attached hydrogens (tertiary/aromatic N) is 1. The van der Waals surface area contributed by atoms with Gasteiger partial charge in [0.05, 0.1) is 13.0 Å². The standard InChI is InChI=1S/C17H13F2NO2/c18-14-4-3-13(15(19)9-14)10-20-6-5-12-2-1-11(7-16(12)20)8-17(21)22/h1-7,9H,8,10H2,(H,21,22). The Bertz CT molecular complexity index is 855.